The molecule has 0 atom stereocenters. The Kier molecular flexibility index (Phi) is 4.14. The van der Waals surface area contributed by atoms with E-state index in [4.69, 9.17) is 0 Å². The van der Waals surface area contributed by atoms with Crippen LogP contribution in [0.15, 0.2) is 35.0 Å². The van der Waals surface area contributed by atoms with Crippen LogP contribution in [-0.2, 0) is 11.3 Å². The molecule has 0 spiro atoms. The van der Waals surface area contributed by atoms with Gasteiger partial charge in [-0.1, -0.05) is 6.07 Å². The molecule has 0 saturated carbocycles. The number of hydrogen-bond acceptors (Lipinski definition) is 6. The number of fused-ring (bicyclic) bond motifs is 1. The van der Waals surface area contributed by atoms with Crippen LogP contribution >= 0.6 is 0 Å². The maximum atomic E-state index is 13.3. The molecule has 1 amide bonds. The lowest BCUT2D eigenvalue weighted by atomic mass is 10.1. The molecule has 0 radical (unpaired) electrons. The molecule has 2 aromatic carbocycles. The second kappa shape index (κ2) is 6.27. The number of aromatic nitrogens is 2. The van der Waals surface area contributed by atoms with Gasteiger partial charge in [0.05, 0.1) is 17.2 Å². The molecule has 0 aliphatic heterocycles. The maximum absolute atomic E-state index is 13.3. The number of halogens is 1. The van der Waals surface area contributed by atoms with Gasteiger partial charge >= 0.3 is 5.69 Å². The molecule has 3 rings (SSSR count). The quantitative estimate of drug-likeness (QED) is 0.532. The lowest BCUT2D eigenvalue weighted by Crippen LogP contribution is -2.28. The molecule has 0 aliphatic rings. The number of carbonyl (C=O) groups is 1. The van der Waals surface area contributed by atoms with E-state index < -0.39 is 4.92 Å². The van der Waals surface area contributed by atoms with Gasteiger partial charge in [-0.25, -0.2) is 9.02 Å². The summed E-state index contributed by atoms with van der Waals surface area (Å²) in [7, 11) is 0. The topological polar surface area (TPSA) is 102 Å². The van der Waals surface area contributed by atoms with E-state index >= 15 is 0 Å². The Balaban J connectivity index is 2.09. The van der Waals surface area contributed by atoms with Crippen LogP contribution in [0.1, 0.15) is 18.1 Å². The zero-order valence-corrected chi connectivity index (χ0v) is 13.4. The van der Waals surface area contributed by atoms with Gasteiger partial charge < -0.3 is 4.90 Å². The first-order valence-corrected chi connectivity index (χ1v) is 7.31. The molecule has 3 aromatic rings. The van der Waals surface area contributed by atoms with E-state index in [0.29, 0.717) is 11.3 Å². The van der Waals surface area contributed by atoms with Gasteiger partial charge in [0.1, 0.15) is 5.82 Å². The number of benzene rings is 2. The average molecular weight is 344 g/mol. The lowest BCUT2D eigenvalue weighted by Gasteiger charge is -2.22. The minimum absolute atomic E-state index is 0.0374. The van der Waals surface area contributed by atoms with Gasteiger partial charge in [0.15, 0.2) is 5.52 Å². The third-order valence-electron chi connectivity index (χ3n) is 3.87. The van der Waals surface area contributed by atoms with Crippen molar-refractivity contribution in [3.05, 3.63) is 57.4 Å². The molecule has 0 aliphatic carbocycles. The van der Waals surface area contributed by atoms with E-state index in [1.165, 1.54) is 36.1 Å². The van der Waals surface area contributed by atoms with E-state index in [-0.39, 0.29) is 35.0 Å². The Morgan fingerprint density at radius 3 is 2.64 bits per heavy atom. The lowest BCUT2D eigenvalue weighted by molar-refractivity contribution is -0.383. The molecule has 0 N–H and O–H groups in total. The molecule has 0 unspecified atom stereocenters. The first-order valence-electron chi connectivity index (χ1n) is 7.31. The number of non-ortho nitro benzene ring substituents is 1. The fourth-order valence-corrected chi connectivity index (χ4v) is 2.58. The predicted octanol–water partition coefficient (Wildman–Crippen LogP) is 3.13. The highest BCUT2D eigenvalue weighted by atomic mass is 19.1. The normalized spacial score (nSPS) is 10.8. The molecular formula is C16H13FN4O4. The van der Waals surface area contributed by atoms with Crippen LogP contribution in [0.25, 0.3) is 11.0 Å². The van der Waals surface area contributed by atoms with Crippen molar-refractivity contribution in [2.24, 2.45) is 0 Å². The molecule has 9 heteroatoms. The van der Waals surface area contributed by atoms with Crippen LogP contribution in [-0.4, -0.2) is 21.1 Å². The van der Waals surface area contributed by atoms with Crippen molar-refractivity contribution >= 4 is 28.3 Å². The summed E-state index contributed by atoms with van der Waals surface area (Å²) >= 11 is 0. The number of hydrogen-bond donors (Lipinski definition) is 0. The summed E-state index contributed by atoms with van der Waals surface area (Å²) in [5.74, 6) is -0.670. The Morgan fingerprint density at radius 2 is 2.00 bits per heavy atom. The summed E-state index contributed by atoms with van der Waals surface area (Å²) in [5, 5.41) is 18.3. The summed E-state index contributed by atoms with van der Waals surface area (Å²) < 4.78 is 17.9. The summed E-state index contributed by atoms with van der Waals surface area (Å²) in [5.41, 5.74) is 1.57. The van der Waals surface area contributed by atoms with E-state index in [2.05, 4.69) is 14.9 Å². The first-order chi connectivity index (χ1) is 11.9. The second-order valence-corrected chi connectivity index (χ2v) is 5.50. The van der Waals surface area contributed by atoms with Gasteiger partial charge in [0, 0.05) is 13.0 Å². The van der Waals surface area contributed by atoms with Crippen LogP contribution in [0.4, 0.5) is 15.8 Å². The van der Waals surface area contributed by atoms with Crippen molar-refractivity contribution in [1.29, 1.82) is 0 Å². The number of carbonyl (C=O) groups excluding carboxylic acids is 1. The SMILES string of the molecule is CC(=O)N(Cc1ccc(F)cc1C)c1ccc([N+](=O)[O-])c2nonc12. The Morgan fingerprint density at radius 1 is 1.28 bits per heavy atom. The van der Waals surface area contributed by atoms with Crippen LogP contribution in [0.3, 0.4) is 0 Å². The highest BCUT2D eigenvalue weighted by Crippen LogP contribution is 2.32. The molecule has 8 nitrogen and oxygen atoms in total. The third kappa shape index (κ3) is 3.03. The monoisotopic (exact) mass is 344 g/mol. The van der Waals surface area contributed by atoms with Crippen molar-refractivity contribution < 1.29 is 18.7 Å². The number of aryl methyl sites for hydroxylation is 1. The van der Waals surface area contributed by atoms with Gasteiger partial charge in [0.25, 0.3) is 0 Å². The minimum atomic E-state index is -0.599. The number of anilines is 1. The van der Waals surface area contributed by atoms with Gasteiger partial charge in [-0.05, 0) is 46.6 Å². The van der Waals surface area contributed by atoms with Crippen molar-refractivity contribution in [2.75, 3.05) is 4.90 Å². The molecule has 0 saturated heterocycles. The molecule has 0 fully saturated rings. The fourth-order valence-electron chi connectivity index (χ4n) is 2.58. The first kappa shape index (κ1) is 16.5. The van der Waals surface area contributed by atoms with E-state index in [1.807, 2.05) is 0 Å². The molecular weight excluding hydrogens is 331 g/mol. The maximum Gasteiger partial charge on any atom is 0.300 e. The van der Waals surface area contributed by atoms with Crippen molar-refractivity contribution in [2.45, 2.75) is 20.4 Å². The largest absolute Gasteiger partial charge is 0.306 e. The average Bonchev–Trinajstić information content (AvgIpc) is 3.02. The summed E-state index contributed by atoms with van der Waals surface area (Å²) in [4.78, 5) is 24.0. The molecule has 0 bridgehead atoms. The Hall–Kier alpha value is -3.36. The number of rotatable bonds is 4. The predicted molar refractivity (Wildman–Crippen MR) is 86.5 cm³/mol. The van der Waals surface area contributed by atoms with E-state index in [9.17, 15) is 19.3 Å². The number of amides is 1. The standard InChI is InChI=1S/C16H13FN4O4/c1-9-7-12(17)4-3-11(9)8-20(10(2)22)13-5-6-14(21(23)24)16-15(13)18-25-19-16/h3-7H,8H2,1-2H3. The summed E-state index contributed by atoms with van der Waals surface area (Å²) in [6.45, 7) is 3.25. The zero-order chi connectivity index (χ0) is 18.1. The van der Waals surface area contributed by atoms with E-state index in [1.54, 1.807) is 13.0 Å². The highest BCUT2D eigenvalue weighted by Gasteiger charge is 2.24. The second-order valence-electron chi connectivity index (χ2n) is 5.50. The number of nitro benzene ring substituents is 1. The van der Waals surface area contributed by atoms with E-state index in [0.717, 1.165) is 5.56 Å². The van der Waals surface area contributed by atoms with Gasteiger partial charge in [-0.15, -0.1) is 0 Å². The number of nitro groups is 1. The van der Waals surface area contributed by atoms with Crippen LogP contribution < -0.4 is 4.90 Å². The zero-order valence-electron chi connectivity index (χ0n) is 13.4. The van der Waals surface area contributed by atoms with Crippen molar-refractivity contribution in [3.8, 4) is 0 Å². The smallest absolute Gasteiger partial charge is 0.300 e. The molecule has 1 heterocycles. The highest BCUT2D eigenvalue weighted by molar-refractivity contribution is 6.02. The van der Waals surface area contributed by atoms with Gasteiger partial charge in [-0.3, -0.25) is 14.9 Å². The van der Waals surface area contributed by atoms with Crippen LogP contribution in [0.2, 0.25) is 0 Å². The van der Waals surface area contributed by atoms with Gasteiger partial charge in [0.2, 0.25) is 11.4 Å². The minimum Gasteiger partial charge on any atom is -0.306 e. The van der Waals surface area contributed by atoms with Crippen molar-refractivity contribution in [1.82, 2.24) is 10.3 Å². The van der Waals surface area contributed by atoms with Gasteiger partial charge in [-0.2, -0.15) is 0 Å². The summed E-state index contributed by atoms with van der Waals surface area (Å²) in [6, 6.07) is 6.94. The van der Waals surface area contributed by atoms with Crippen LogP contribution in [0, 0.1) is 22.9 Å². The Labute approximate surface area is 141 Å². The van der Waals surface area contributed by atoms with Crippen molar-refractivity contribution in [3.63, 3.8) is 0 Å². The summed E-state index contributed by atoms with van der Waals surface area (Å²) in [6.07, 6.45) is 0. The molecule has 128 valence electrons. The van der Waals surface area contributed by atoms with Crippen LogP contribution in [0.5, 0.6) is 0 Å². The number of nitrogens with zero attached hydrogens (tertiary/aromatic N) is 4. The third-order valence-corrected chi connectivity index (χ3v) is 3.87. The molecule has 1 aromatic heterocycles. The Bertz CT molecular complexity index is 985. The fraction of sp³-hybridized carbons (Fsp3) is 0.188. The molecule has 25 heavy (non-hydrogen) atoms.